The summed E-state index contributed by atoms with van der Waals surface area (Å²) < 4.78 is 69.1. The van der Waals surface area contributed by atoms with Crippen LogP contribution < -0.4 is 52.7 Å². The van der Waals surface area contributed by atoms with E-state index in [4.69, 9.17) is 47.4 Å². The molecule has 15 nitrogen and oxygen atoms in total. The van der Waals surface area contributed by atoms with E-state index >= 15 is 0 Å². The molecule has 0 bridgehead atoms. The molecule has 14 aromatic rings. The second-order valence-corrected chi connectivity index (χ2v) is 32.8. The number of anilines is 1. The van der Waals surface area contributed by atoms with Crippen molar-refractivity contribution in [2.75, 3.05) is 26.1 Å². The maximum Gasteiger partial charge on any atom is 0.273 e. The first-order valence-corrected chi connectivity index (χ1v) is 43.8. The first-order chi connectivity index (χ1) is 61.8. The number of methoxy groups -OCH3 is 2. The van der Waals surface area contributed by atoms with Gasteiger partial charge >= 0.3 is 0 Å². The summed E-state index contributed by atoms with van der Waals surface area (Å²) in [5.41, 5.74) is 12.2. The number of nitro groups is 1. The van der Waals surface area contributed by atoms with Crippen LogP contribution in [-0.4, -0.2) is 31.7 Å². The lowest BCUT2D eigenvalue weighted by atomic mass is 10.0. The van der Waals surface area contributed by atoms with E-state index in [0.29, 0.717) is 82.5 Å². The molecule has 0 fully saturated rings. The lowest BCUT2D eigenvalue weighted by Gasteiger charge is -2.10. The first kappa shape index (κ1) is 100. The highest BCUT2D eigenvalue weighted by Gasteiger charge is 2.13. The van der Waals surface area contributed by atoms with Gasteiger partial charge in [0.1, 0.15) is 104 Å². The molecule has 0 atom stereocenters. The first-order valence-electron chi connectivity index (χ1n) is 43.8. The van der Waals surface area contributed by atoms with Crippen LogP contribution in [0.5, 0.6) is 97.7 Å². The molecule has 1 amide bonds. The summed E-state index contributed by atoms with van der Waals surface area (Å²) in [4.78, 5) is 21.3. The third-order valence-electron chi connectivity index (χ3n) is 19.9. The largest absolute Gasteiger partial charge is 0.497 e. The van der Waals surface area contributed by atoms with Gasteiger partial charge in [0.15, 0.2) is 0 Å². The quantitative estimate of drug-likeness (QED) is 0.0382. The SMILES string of the molecule is CC(=O)Nc1cccc(Oc2ccc(C(C)C)cc2)c1.CC(C)c1ccc(Oc2cccc([N+](=O)[O-])c2)cc1.CCOc1cccc(Oc2ccc(C(C)C)cc2)c1.COc1cc(F)cc(Oc2ccc(C(C)C)cc2)c1.COc1cccc(Oc2ccc(C(C)C)cc2)c1.Cc1cccc(Oc2ccc(C(C)C)cc2)c1.Cc1cccc(Oc2ccc(C(C)C)cc2)c1. The molecule has 16 heteroatoms. The number of nitrogens with one attached hydrogen (secondary N) is 1. The minimum Gasteiger partial charge on any atom is -0.497 e. The molecule has 0 aliphatic rings. The predicted molar refractivity (Wildman–Crippen MR) is 524 cm³/mol. The molecule has 14 rings (SSSR count). The summed E-state index contributed by atoms with van der Waals surface area (Å²) >= 11 is 0. The lowest BCUT2D eigenvalue weighted by Crippen LogP contribution is -2.05. The number of nitro benzene ring substituents is 1. The van der Waals surface area contributed by atoms with Crippen LogP contribution in [-0.2, 0) is 4.79 Å². The molecule has 0 unspecified atom stereocenters. The molecule has 0 aromatic heterocycles. The van der Waals surface area contributed by atoms with E-state index in [-0.39, 0.29) is 17.4 Å². The number of amides is 1. The van der Waals surface area contributed by atoms with E-state index in [0.717, 1.165) is 68.9 Å². The van der Waals surface area contributed by atoms with Gasteiger partial charge in [0.2, 0.25) is 5.91 Å². The van der Waals surface area contributed by atoms with Crippen molar-refractivity contribution in [3.05, 3.63) is 400 Å². The molecule has 0 aliphatic heterocycles. The van der Waals surface area contributed by atoms with Crippen molar-refractivity contribution >= 4 is 17.3 Å². The average molecular weight is 1740 g/mol. The molecule has 0 saturated carbocycles. The van der Waals surface area contributed by atoms with E-state index in [2.05, 4.69) is 189 Å². The monoisotopic (exact) mass is 1740 g/mol. The summed E-state index contributed by atoms with van der Waals surface area (Å²) in [6.07, 6.45) is 0. The molecular weight excluding hydrogens is 1610 g/mol. The smallest absolute Gasteiger partial charge is 0.273 e. The zero-order valence-corrected chi connectivity index (χ0v) is 78.1. The Labute approximate surface area is 763 Å². The standard InChI is InChI=1S/C17H19NO2.C17H20O2.C16H17FO2.C16H18O2.2C16H18O.C15H15NO3/c1-12(2)14-7-9-16(10-8-14)20-17-6-4-5-15(11-17)18-13(3)19;1-4-18-16-6-5-7-17(12-16)19-15-10-8-14(9-11-15)13(2)3;1-11(2)12-4-6-14(7-5-12)19-16-9-13(17)8-15(10-16)18-3;1-12(2)13-7-9-14(10-8-13)18-16-6-4-5-15(11-16)17-3;2*1-12(2)14-7-9-15(10-8-14)17-16-6-4-5-13(3)11-16;1-11(2)12-6-8-14(9-7-12)19-15-5-3-4-13(10-15)16(17)18/h4-12H,1-3H3,(H,18,19);5-13H,4H2,1-3H3;4-11H,1-3H3;4-12H,1-3H3;2*4-12H,1-3H3;3-11H,1-2H3. The van der Waals surface area contributed by atoms with Crippen LogP contribution in [0.3, 0.4) is 0 Å². The highest BCUT2D eigenvalue weighted by Crippen LogP contribution is 2.35. The number of ether oxygens (including phenoxy) is 10. The van der Waals surface area contributed by atoms with Crippen LogP contribution in [0.2, 0.25) is 0 Å². The highest BCUT2D eigenvalue weighted by atomic mass is 19.1. The van der Waals surface area contributed by atoms with Crippen LogP contribution in [0.15, 0.2) is 334 Å². The normalized spacial score (nSPS) is 10.5. The van der Waals surface area contributed by atoms with Crippen LogP contribution in [0, 0.1) is 29.8 Å². The summed E-state index contributed by atoms with van der Waals surface area (Å²) in [5, 5.41) is 13.4. The van der Waals surface area contributed by atoms with Crippen molar-refractivity contribution in [1.29, 1.82) is 0 Å². The lowest BCUT2D eigenvalue weighted by molar-refractivity contribution is -0.384. The van der Waals surface area contributed by atoms with Gasteiger partial charge in [0, 0.05) is 55.1 Å². The molecule has 0 heterocycles. The van der Waals surface area contributed by atoms with Gasteiger partial charge in [-0.1, -0.05) is 230 Å². The third kappa shape index (κ3) is 36.0. The highest BCUT2D eigenvalue weighted by molar-refractivity contribution is 5.88. The third-order valence-corrected chi connectivity index (χ3v) is 19.9. The van der Waals surface area contributed by atoms with Gasteiger partial charge < -0.3 is 52.7 Å². The summed E-state index contributed by atoms with van der Waals surface area (Å²) in [6.45, 7) is 38.6. The van der Waals surface area contributed by atoms with Crippen LogP contribution >= 0.6 is 0 Å². The Kier molecular flexibility index (Phi) is 40.5. The minimum atomic E-state index is -0.436. The molecule has 0 aliphatic carbocycles. The van der Waals surface area contributed by atoms with E-state index in [9.17, 15) is 19.3 Å². The molecule has 672 valence electrons. The number of halogens is 1. The number of hydrogen-bond donors (Lipinski definition) is 1. The fourth-order valence-corrected chi connectivity index (χ4v) is 12.4. The van der Waals surface area contributed by atoms with Gasteiger partial charge in [-0.2, -0.15) is 0 Å². The van der Waals surface area contributed by atoms with Gasteiger partial charge in [0.05, 0.1) is 31.8 Å². The van der Waals surface area contributed by atoms with Gasteiger partial charge in [-0.25, -0.2) is 4.39 Å². The second kappa shape index (κ2) is 52.1. The maximum atomic E-state index is 13.3. The van der Waals surface area contributed by atoms with Crippen LogP contribution in [0.4, 0.5) is 15.8 Å². The molecule has 0 spiro atoms. The number of hydrogen-bond acceptors (Lipinski definition) is 13. The number of carbonyl (C=O) groups is 1. The Morgan fingerprint density at radius 1 is 0.295 bits per heavy atom. The van der Waals surface area contributed by atoms with Gasteiger partial charge in [-0.05, 0) is 264 Å². The van der Waals surface area contributed by atoms with Crippen molar-refractivity contribution in [3.8, 4) is 97.7 Å². The molecule has 1 N–H and O–H groups in total. The van der Waals surface area contributed by atoms with Gasteiger partial charge in [-0.15, -0.1) is 0 Å². The zero-order chi connectivity index (χ0) is 93.3. The minimum absolute atomic E-state index is 0.0244. The number of carbonyl (C=O) groups excluding carboxylic acids is 1. The Morgan fingerprint density at radius 3 is 0.822 bits per heavy atom. The Morgan fingerprint density at radius 2 is 0.535 bits per heavy atom. The Bertz CT molecular complexity index is 5580. The molecular formula is C113H125FN2O13. The van der Waals surface area contributed by atoms with Crippen LogP contribution in [0.25, 0.3) is 0 Å². The van der Waals surface area contributed by atoms with Crippen molar-refractivity contribution in [2.24, 2.45) is 0 Å². The number of rotatable bonds is 27. The number of benzene rings is 14. The van der Waals surface area contributed by atoms with Crippen molar-refractivity contribution in [1.82, 2.24) is 0 Å². The maximum absolute atomic E-state index is 13.3. The van der Waals surface area contributed by atoms with Crippen molar-refractivity contribution in [3.63, 3.8) is 0 Å². The van der Waals surface area contributed by atoms with Crippen molar-refractivity contribution in [2.45, 2.75) is 166 Å². The number of aryl methyl sites for hydroxylation is 2. The zero-order valence-electron chi connectivity index (χ0n) is 78.1. The van der Waals surface area contributed by atoms with Crippen molar-refractivity contribution < 1.29 is 61.5 Å². The van der Waals surface area contributed by atoms with E-state index in [1.807, 2.05) is 219 Å². The van der Waals surface area contributed by atoms with Crippen LogP contribution in [0.1, 0.15) is 202 Å². The fourth-order valence-electron chi connectivity index (χ4n) is 12.4. The topological polar surface area (TPSA) is 165 Å². The summed E-state index contributed by atoms with van der Waals surface area (Å²) in [5.74, 6) is 15.8. The average Bonchev–Trinajstić information content (AvgIpc) is 0.860. The summed E-state index contributed by atoms with van der Waals surface area (Å²) in [6, 6.07) is 106. The van der Waals surface area contributed by atoms with Gasteiger partial charge in [-0.3, -0.25) is 14.9 Å². The Hall–Kier alpha value is -14.1. The molecule has 0 radical (unpaired) electrons. The second-order valence-electron chi connectivity index (χ2n) is 32.8. The van der Waals surface area contributed by atoms with E-state index < -0.39 is 4.92 Å². The Balaban J connectivity index is 0.000000186. The van der Waals surface area contributed by atoms with E-state index in [1.54, 1.807) is 31.4 Å². The number of non-ortho nitro benzene ring substituents is 1. The molecule has 129 heavy (non-hydrogen) atoms. The summed E-state index contributed by atoms with van der Waals surface area (Å²) in [7, 11) is 3.15. The van der Waals surface area contributed by atoms with Gasteiger partial charge in [0.25, 0.3) is 5.69 Å². The molecule has 0 saturated heterocycles. The predicted octanol–water partition coefficient (Wildman–Crippen LogP) is 33.3. The van der Waals surface area contributed by atoms with E-state index in [1.165, 1.54) is 88.4 Å². The number of nitrogens with zero attached hydrogens (tertiary/aromatic N) is 1. The molecule has 14 aromatic carbocycles. The fraction of sp³-hybridized carbons (Fsp3) is 0.248.